The van der Waals surface area contributed by atoms with Gasteiger partial charge in [0, 0.05) is 14.1 Å². The number of rotatable bonds is 2. The molecule has 66 valence electrons. The lowest BCUT2D eigenvalue weighted by Gasteiger charge is -2.09. The average Bonchev–Trinajstić information content (AvgIpc) is 1.94. The van der Waals surface area contributed by atoms with Gasteiger partial charge in [0.2, 0.25) is 5.82 Å². The van der Waals surface area contributed by atoms with Crippen LogP contribution in [0.5, 0.6) is 0 Å². The summed E-state index contributed by atoms with van der Waals surface area (Å²) in [5.41, 5.74) is 1.44. The molecule has 0 spiro atoms. The van der Waals surface area contributed by atoms with Crippen LogP contribution in [0.3, 0.4) is 0 Å². The Kier molecular flexibility index (Phi) is 2.24. The van der Waals surface area contributed by atoms with E-state index in [1.54, 1.807) is 14.1 Å². The summed E-state index contributed by atoms with van der Waals surface area (Å²) in [6, 6.07) is 0. The summed E-state index contributed by atoms with van der Waals surface area (Å²) in [4.78, 5) is 23.5. The Morgan fingerprint density at radius 3 is 2.58 bits per heavy atom. The first-order chi connectivity index (χ1) is 5.59. The van der Waals surface area contributed by atoms with E-state index in [0.29, 0.717) is 0 Å². The van der Waals surface area contributed by atoms with Gasteiger partial charge in [0.1, 0.15) is 0 Å². The Labute approximate surface area is 67.4 Å². The van der Waals surface area contributed by atoms with Gasteiger partial charge in [-0.2, -0.15) is 0 Å². The zero-order valence-electron chi connectivity index (χ0n) is 6.71. The van der Waals surface area contributed by atoms with Crippen molar-refractivity contribution < 1.29 is 0 Å². The quantitative estimate of drug-likeness (QED) is 0.463. The molecule has 0 radical (unpaired) electrons. The minimum absolute atomic E-state index is 0.0552. The second-order valence-electron chi connectivity index (χ2n) is 2.36. The molecule has 7 heteroatoms. The van der Waals surface area contributed by atoms with E-state index in [2.05, 4.69) is 15.6 Å². The van der Waals surface area contributed by atoms with Crippen LogP contribution in [-0.2, 0) is 0 Å². The van der Waals surface area contributed by atoms with Crippen molar-refractivity contribution in [1.29, 1.82) is 0 Å². The molecule has 0 atom stereocenters. The van der Waals surface area contributed by atoms with Crippen LogP contribution >= 0.6 is 0 Å². The molecule has 3 N–H and O–H groups in total. The molecule has 0 unspecified atom stereocenters. The fraction of sp³-hybridized carbons (Fsp3) is 0.400. The molecule has 0 aliphatic rings. The number of hydrogen-bond donors (Lipinski definition) is 3. The van der Waals surface area contributed by atoms with E-state index in [4.69, 9.17) is 0 Å². The maximum atomic E-state index is 10.9. The van der Waals surface area contributed by atoms with Gasteiger partial charge >= 0.3 is 5.69 Å². The van der Waals surface area contributed by atoms with Crippen LogP contribution in [0.15, 0.2) is 9.59 Å². The average molecular weight is 171 g/mol. The Hall–Kier alpha value is -1.63. The largest absolute Gasteiger partial charge is 0.342 e. The van der Waals surface area contributed by atoms with Gasteiger partial charge in [-0.25, -0.2) is 14.9 Å². The Morgan fingerprint density at radius 1 is 1.42 bits per heavy atom. The molecule has 1 heterocycles. The third-order valence-electron chi connectivity index (χ3n) is 1.04. The molecule has 7 nitrogen and oxygen atoms in total. The monoisotopic (exact) mass is 171 g/mol. The first-order valence-corrected chi connectivity index (χ1v) is 3.22. The Balaban J connectivity index is 3.02. The second kappa shape index (κ2) is 3.18. The lowest BCUT2D eigenvalue weighted by atomic mass is 10.7. The van der Waals surface area contributed by atoms with Crippen LogP contribution in [0, 0.1) is 0 Å². The molecule has 0 saturated heterocycles. The summed E-state index contributed by atoms with van der Waals surface area (Å²) >= 11 is 0. The fourth-order valence-corrected chi connectivity index (χ4v) is 0.635. The Morgan fingerprint density at radius 2 is 2.08 bits per heavy atom. The van der Waals surface area contributed by atoms with E-state index in [1.807, 2.05) is 4.98 Å². The number of anilines is 1. The van der Waals surface area contributed by atoms with Crippen molar-refractivity contribution in [1.82, 2.24) is 20.2 Å². The van der Waals surface area contributed by atoms with Crippen LogP contribution in [-0.4, -0.2) is 34.3 Å². The van der Waals surface area contributed by atoms with Gasteiger partial charge in [-0.1, -0.05) is 0 Å². The maximum Gasteiger partial charge on any atom is 0.342 e. The zero-order valence-corrected chi connectivity index (χ0v) is 6.71. The molecular weight excluding hydrogens is 162 g/mol. The van der Waals surface area contributed by atoms with Crippen LogP contribution in [0.25, 0.3) is 0 Å². The van der Waals surface area contributed by atoms with E-state index >= 15 is 0 Å². The van der Waals surface area contributed by atoms with E-state index in [9.17, 15) is 9.59 Å². The standard InChI is InChI=1S/C5H9N5O2/c1-10(2)9-3-4(11)6-5(12)8-7-3/h1-2H3,(H,7,9)(H2,6,8,11,12). The van der Waals surface area contributed by atoms with E-state index in [0.717, 1.165) is 0 Å². The van der Waals surface area contributed by atoms with Gasteiger partial charge in [-0.05, 0) is 0 Å². The number of H-pyrrole nitrogens is 2. The molecule has 1 aromatic rings. The predicted octanol–water partition coefficient (Wildman–Crippen LogP) is -1.65. The first kappa shape index (κ1) is 8.47. The van der Waals surface area contributed by atoms with Crippen LogP contribution in [0.1, 0.15) is 0 Å². The van der Waals surface area contributed by atoms with Crippen molar-refractivity contribution >= 4 is 5.82 Å². The van der Waals surface area contributed by atoms with E-state index < -0.39 is 11.2 Å². The minimum atomic E-state index is -0.621. The highest BCUT2D eigenvalue weighted by Gasteiger charge is 2.00. The molecule has 0 aromatic carbocycles. The lowest BCUT2D eigenvalue weighted by Crippen LogP contribution is -2.31. The fourth-order valence-electron chi connectivity index (χ4n) is 0.635. The minimum Gasteiger partial charge on any atom is -0.298 e. The summed E-state index contributed by atoms with van der Waals surface area (Å²) < 4.78 is 0. The molecule has 1 rings (SSSR count). The number of hydrogen-bond acceptors (Lipinski definition) is 5. The van der Waals surface area contributed by atoms with Crippen molar-refractivity contribution in [2.75, 3.05) is 19.5 Å². The predicted molar refractivity (Wildman–Crippen MR) is 42.8 cm³/mol. The molecule has 0 saturated carbocycles. The highest BCUT2D eigenvalue weighted by atomic mass is 16.2. The first-order valence-electron chi connectivity index (χ1n) is 3.22. The summed E-state index contributed by atoms with van der Waals surface area (Å²) in [5.74, 6) is 0.0552. The van der Waals surface area contributed by atoms with E-state index in [-0.39, 0.29) is 5.82 Å². The highest BCUT2D eigenvalue weighted by molar-refractivity contribution is 5.26. The molecule has 0 aliphatic carbocycles. The SMILES string of the molecule is CN(C)Nc1n[nH]c(=O)[nH]c1=O. The molecule has 0 bridgehead atoms. The number of hydrazine groups is 1. The van der Waals surface area contributed by atoms with E-state index in [1.165, 1.54) is 5.01 Å². The molecule has 0 fully saturated rings. The molecule has 1 aromatic heterocycles. The van der Waals surface area contributed by atoms with Crippen molar-refractivity contribution in [3.8, 4) is 0 Å². The summed E-state index contributed by atoms with van der Waals surface area (Å²) in [7, 11) is 3.40. The number of aromatic amines is 2. The van der Waals surface area contributed by atoms with Gasteiger partial charge in [0.25, 0.3) is 5.56 Å². The van der Waals surface area contributed by atoms with Crippen LogP contribution in [0.4, 0.5) is 5.82 Å². The van der Waals surface area contributed by atoms with Gasteiger partial charge < -0.3 is 0 Å². The van der Waals surface area contributed by atoms with Crippen LogP contribution in [0.2, 0.25) is 0 Å². The number of aromatic nitrogens is 3. The molecular formula is C5H9N5O2. The maximum absolute atomic E-state index is 10.9. The molecule has 0 amide bonds. The zero-order chi connectivity index (χ0) is 9.14. The van der Waals surface area contributed by atoms with Gasteiger partial charge in [0.05, 0.1) is 0 Å². The summed E-state index contributed by atoms with van der Waals surface area (Å²) in [6.45, 7) is 0. The summed E-state index contributed by atoms with van der Waals surface area (Å²) in [5, 5.41) is 7.12. The van der Waals surface area contributed by atoms with Gasteiger partial charge in [-0.3, -0.25) is 15.2 Å². The van der Waals surface area contributed by atoms with Crippen molar-refractivity contribution in [2.24, 2.45) is 0 Å². The second-order valence-corrected chi connectivity index (χ2v) is 2.36. The van der Waals surface area contributed by atoms with Crippen molar-refractivity contribution in [2.45, 2.75) is 0 Å². The Bertz CT molecular complexity index is 365. The third-order valence-corrected chi connectivity index (χ3v) is 1.04. The number of nitrogens with zero attached hydrogens (tertiary/aromatic N) is 2. The van der Waals surface area contributed by atoms with Crippen LogP contribution < -0.4 is 16.7 Å². The highest BCUT2D eigenvalue weighted by Crippen LogP contribution is 1.85. The van der Waals surface area contributed by atoms with Gasteiger partial charge in [0.15, 0.2) is 0 Å². The summed E-state index contributed by atoms with van der Waals surface area (Å²) in [6.07, 6.45) is 0. The number of nitrogens with one attached hydrogen (secondary N) is 3. The molecule has 12 heavy (non-hydrogen) atoms. The lowest BCUT2D eigenvalue weighted by molar-refractivity contribution is 0.489. The van der Waals surface area contributed by atoms with Gasteiger partial charge in [-0.15, -0.1) is 5.10 Å². The normalized spacial score (nSPS) is 10.2. The van der Waals surface area contributed by atoms with Crippen molar-refractivity contribution in [3.05, 3.63) is 20.8 Å². The topological polar surface area (TPSA) is 93.9 Å². The van der Waals surface area contributed by atoms with Crippen molar-refractivity contribution in [3.63, 3.8) is 0 Å². The third kappa shape index (κ3) is 1.92. The smallest absolute Gasteiger partial charge is 0.298 e. The molecule has 0 aliphatic heterocycles.